The van der Waals surface area contributed by atoms with Crippen molar-refractivity contribution in [1.82, 2.24) is 10.1 Å². The molecule has 0 radical (unpaired) electrons. The maximum Gasteiger partial charge on any atom is 0.170 e. The molecule has 0 aliphatic carbocycles. The van der Waals surface area contributed by atoms with Crippen LogP contribution in [-0.2, 0) is 9.53 Å². The normalized spacial score (nSPS) is 16.1. The van der Waals surface area contributed by atoms with Gasteiger partial charge < -0.3 is 18.9 Å². The summed E-state index contributed by atoms with van der Waals surface area (Å²) in [5, 5.41) is 5.16. The molecule has 2 aromatic carbocycles. The number of ketones is 1. The first-order valence-corrected chi connectivity index (χ1v) is 12.1. The topological polar surface area (TPSA) is 64.8 Å². The zero-order valence-corrected chi connectivity index (χ0v) is 20.0. The number of nitrogens with zero attached hydrogens (tertiary/aromatic N) is 2. The third kappa shape index (κ3) is 5.83. The fourth-order valence-electron chi connectivity index (χ4n) is 4.66. The Bertz CT molecular complexity index is 1070. The molecular weight excluding hydrogens is 435 g/mol. The largest absolute Gasteiger partial charge is 0.494 e. The molecular formula is C27H33FN2O4. The number of hydrogen-bond donors (Lipinski definition) is 0. The van der Waals surface area contributed by atoms with E-state index < -0.39 is 6.10 Å². The third-order valence-electron chi connectivity index (χ3n) is 6.63. The number of carbonyl (C=O) groups is 1. The van der Waals surface area contributed by atoms with Crippen molar-refractivity contribution >= 4 is 16.8 Å². The molecule has 1 atom stereocenters. The number of carbonyl (C=O) groups excluding carboxylic acids is 1. The first kappa shape index (κ1) is 24.4. The van der Waals surface area contributed by atoms with Gasteiger partial charge in [-0.1, -0.05) is 24.2 Å². The average Bonchev–Trinajstić information content (AvgIpc) is 3.28. The zero-order valence-electron chi connectivity index (χ0n) is 20.0. The fraction of sp³-hybridized carbons (Fsp3) is 0.481. The molecule has 4 rings (SSSR count). The van der Waals surface area contributed by atoms with E-state index in [1.54, 1.807) is 13.2 Å². The van der Waals surface area contributed by atoms with Crippen LogP contribution in [0.15, 0.2) is 47.0 Å². The number of benzene rings is 2. The molecule has 7 heteroatoms. The van der Waals surface area contributed by atoms with E-state index in [-0.39, 0.29) is 11.6 Å². The molecule has 0 N–H and O–H groups in total. The van der Waals surface area contributed by atoms with Crippen LogP contribution in [0.25, 0.3) is 11.0 Å². The van der Waals surface area contributed by atoms with Gasteiger partial charge in [0.25, 0.3) is 0 Å². The lowest BCUT2D eigenvalue weighted by molar-refractivity contribution is -0.128. The van der Waals surface area contributed by atoms with Crippen molar-refractivity contribution in [2.45, 2.75) is 51.0 Å². The standard InChI is InChI=1S/C27H33FN2O4/c1-3-24(31)27(32-2)20-6-9-22(10-7-20)33-17-5-4-14-30-15-12-19(13-16-30)26-23-11-8-21(28)18-25(23)34-29-26/h6-11,18-19,27H,3-5,12-17H2,1-2H3. The summed E-state index contributed by atoms with van der Waals surface area (Å²) in [5.41, 5.74) is 2.35. The minimum absolute atomic E-state index is 0.0740. The highest BCUT2D eigenvalue weighted by Crippen LogP contribution is 2.32. The van der Waals surface area contributed by atoms with Crippen LogP contribution in [0.3, 0.4) is 0 Å². The number of unbranched alkanes of at least 4 members (excludes halogenated alkanes) is 1. The molecule has 2 heterocycles. The monoisotopic (exact) mass is 468 g/mol. The van der Waals surface area contributed by atoms with Gasteiger partial charge in [0.1, 0.15) is 17.7 Å². The van der Waals surface area contributed by atoms with Gasteiger partial charge in [-0.3, -0.25) is 4.79 Å². The van der Waals surface area contributed by atoms with Gasteiger partial charge in [0.05, 0.1) is 12.3 Å². The van der Waals surface area contributed by atoms with Crippen molar-refractivity contribution < 1.29 is 23.2 Å². The Hall–Kier alpha value is -2.77. The molecule has 1 fully saturated rings. The van der Waals surface area contributed by atoms with E-state index in [0.717, 1.165) is 67.7 Å². The number of Topliss-reactive ketones (excluding diaryl/α,β-unsaturated/α-hetero) is 1. The lowest BCUT2D eigenvalue weighted by Crippen LogP contribution is -2.34. The van der Waals surface area contributed by atoms with E-state index in [0.29, 0.717) is 24.5 Å². The van der Waals surface area contributed by atoms with Crippen molar-refractivity contribution in [1.29, 1.82) is 0 Å². The minimum atomic E-state index is -0.505. The SMILES string of the molecule is CCC(=O)C(OC)c1ccc(OCCCCN2CCC(c3noc4cc(F)ccc34)CC2)cc1. The second-order valence-corrected chi connectivity index (χ2v) is 8.88. The van der Waals surface area contributed by atoms with Crippen molar-refractivity contribution in [3.05, 3.63) is 59.5 Å². The van der Waals surface area contributed by atoms with Crippen molar-refractivity contribution in [3.63, 3.8) is 0 Å². The Labute approximate surface area is 200 Å². The molecule has 6 nitrogen and oxygen atoms in total. The number of likely N-dealkylation sites (tertiary alicyclic amines) is 1. The number of ether oxygens (including phenoxy) is 2. The molecule has 0 spiro atoms. The highest BCUT2D eigenvalue weighted by atomic mass is 19.1. The number of rotatable bonds is 11. The highest BCUT2D eigenvalue weighted by Gasteiger charge is 2.25. The van der Waals surface area contributed by atoms with Crippen LogP contribution in [0.1, 0.15) is 62.3 Å². The van der Waals surface area contributed by atoms with Crippen LogP contribution in [0, 0.1) is 5.82 Å². The Balaban J connectivity index is 1.15. The second-order valence-electron chi connectivity index (χ2n) is 8.88. The quantitative estimate of drug-likeness (QED) is 0.338. The summed E-state index contributed by atoms with van der Waals surface area (Å²) < 4.78 is 29.9. The minimum Gasteiger partial charge on any atom is -0.494 e. The molecule has 1 saturated heterocycles. The van der Waals surface area contributed by atoms with E-state index in [2.05, 4.69) is 10.1 Å². The number of aromatic nitrogens is 1. The van der Waals surface area contributed by atoms with E-state index in [1.807, 2.05) is 31.2 Å². The Morgan fingerprint density at radius 2 is 1.94 bits per heavy atom. The molecule has 34 heavy (non-hydrogen) atoms. The third-order valence-corrected chi connectivity index (χ3v) is 6.63. The maximum absolute atomic E-state index is 13.4. The van der Waals surface area contributed by atoms with Crippen LogP contribution in [0.2, 0.25) is 0 Å². The van der Waals surface area contributed by atoms with Gasteiger partial charge in [-0.05, 0) is 75.1 Å². The first-order valence-electron chi connectivity index (χ1n) is 12.1. The molecule has 1 unspecified atom stereocenters. The molecule has 1 aromatic heterocycles. The summed E-state index contributed by atoms with van der Waals surface area (Å²) in [7, 11) is 1.56. The van der Waals surface area contributed by atoms with Gasteiger partial charge >= 0.3 is 0 Å². The van der Waals surface area contributed by atoms with Crippen molar-refractivity contribution in [2.75, 3.05) is 33.4 Å². The van der Waals surface area contributed by atoms with E-state index >= 15 is 0 Å². The van der Waals surface area contributed by atoms with Crippen molar-refractivity contribution in [3.8, 4) is 5.75 Å². The summed E-state index contributed by atoms with van der Waals surface area (Å²) >= 11 is 0. The van der Waals surface area contributed by atoms with E-state index in [9.17, 15) is 9.18 Å². The second kappa shape index (κ2) is 11.6. The summed E-state index contributed by atoms with van der Waals surface area (Å²) in [4.78, 5) is 14.5. The lowest BCUT2D eigenvalue weighted by Gasteiger charge is -2.31. The van der Waals surface area contributed by atoms with Gasteiger partial charge in [-0.2, -0.15) is 0 Å². The van der Waals surface area contributed by atoms with Gasteiger partial charge in [0.15, 0.2) is 11.4 Å². The molecule has 182 valence electrons. The zero-order chi connectivity index (χ0) is 23.9. The molecule has 3 aromatic rings. The number of halogens is 1. The summed E-state index contributed by atoms with van der Waals surface area (Å²) in [6.45, 7) is 5.61. The highest BCUT2D eigenvalue weighted by molar-refractivity contribution is 5.84. The molecule has 0 bridgehead atoms. The van der Waals surface area contributed by atoms with Crippen LogP contribution in [0.5, 0.6) is 5.75 Å². The van der Waals surface area contributed by atoms with Crippen molar-refractivity contribution in [2.24, 2.45) is 0 Å². The number of piperidine rings is 1. The predicted molar refractivity (Wildman–Crippen MR) is 129 cm³/mol. The summed E-state index contributed by atoms with van der Waals surface area (Å²) in [6, 6.07) is 12.2. The smallest absolute Gasteiger partial charge is 0.170 e. The maximum atomic E-state index is 13.4. The Morgan fingerprint density at radius 3 is 2.65 bits per heavy atom. The van der Waals surface area contributed by atoms with Crippen LogP contribution < -0.4 is 4.74 Å². The van der Waals surface area contributed by atoms with Crippen LogP contribution in [0.4, 0.5) is 4.39 Å². The van der Waals surface area contributed by atoms with E-state index in [1.165, 1.54) is 12.1 Å². The summed E-state index contributed by atoms with van der Waals surface area (Å²) in [6.07, 6.45) is 4.07. The van der Waals surface area contributed by atoms with Gasteiger partial charge in [-0.15, -0.1) is 0 Å². The predicted octanol–water partition coefficient (Wildman–Crippen LogP) is 5.67. The average molecular weight is 469 g/mol. The Kier molecular flexibility index (Phi) is 8.29. The fourth-order valence-corrected chi connectivity index (χ4v) is 4.66. The van der Waals surface area contributed by atoms with E-state index in [4.69, 9.17) is 14.0 Å². The molecule has 1 aliphatic rings. The molecule has 0 saturated carbocycles. The Morgan fingerprint density at radius 1 is 1.18 bits per heavy atom. The first-order chi connectivity index (χ1) is 16.6. The summed E-state index contributed by atoms with van der Waals surface area (Å²) in [5.74, 6) is 0.946. The number of hydrogen-bond acceptors (Lipinski definition) is 6. The number of fused-ring (bicyclic) bond motifs is 1. The number of methoxy groups -OCH3 is 1. The van der Waals surface area contributed by atoms with Gasteiger partial charge in [0.2, 0.25) is 0 Å². The van der Waals surface area contributed by atoms with Gasteiger partial charge in [-0.25, -0.2) is 4.39 Å². The molecule has 1 aliphatic heterocycles. The lowest BCUT2D eigenvalue weighted by atomic mass is 9.91. The molecule has 0 amide bonds. The van der Waals surface area contributed by atoms with Crippen LogP contribution in [-0.4, -0.2) is 49.2 Å². The van der Waals surface area contributed by atoms with Crippen LogP contribution >= 0.6 is 0 Å². The van der Waals surface area contributed by atoms with Gasteiger partial charge in [0, 0.05) is 30.9 Å².